The van der Waals surface area contributed by atoms with E-state index in [1.807, 2.05) is 73.1 Å². The van der Waals surface area contributed by atoms with E-state index in [2.05, 4.69) is 16.2 Å². The van der Waals surface area contributed by atoms with Gasteiger partial charge in [-0.15, -0.1) is 11.8 Å². The van der Waals surface area contributed by atoms with Crippen LogP contribution >= 0.6 is 11.8 Å². The van der Waals surface area contributed by atoms with Gasteiger partial charge in [-0.3, -0.25) is 5.10 Å². The van der Waals surface area contributed by atoms with Crippen LogP contribution in [0.15, 0.2) is 70.7 Å². The summed E-state index contributed by atoms with van der Waals surface area (Å²) in [5, 5.41) is 13.6. The molecule has 4 aromatic rings. The first-order valence-electron chi connectivity index (χ1n) is 8.05. The minimum absolute atomic E-state index is 0.538. The lowest BCUT2D eigenvalue weighted by Gasteiger charge is -2.00. The molecule has 0 bridgehead atoms. The molecule has 126 valence electrons. The largest absolute Gasteiger partial charge is 0.283 e. The highest BCUT2D eigenvalue weighted by Crippen LogP contribution is 2.34. The Kier molecular flexibility index (Phi) is 4.30. The van der Waals surface area contributed by atoms with E-state index >= 15 is 0 Å². The number of nitrogens with zero attached hydrogens (tertiary/aromatic N) is 4. The molecular weight excluding hydrogens is 342 g/mol. The van der Waals surface area contributed by atoms with E-state index < -0.39 is 0 Å². The fraction of sp³-hybridized carbons (Fsp3) is 0.0500. The Morgan fingerprint density at radius 1 is 1.12 bits per heavy atom. The fourth-order valence-corrected chi connectivity index (χ4v) is 3.30. The van der Waals surface area contributed by atoms with Crippen LogP contribution in [0.5, 0.6) is 0 Å². The van der Waals surface area contributed by atoms with Gasteiger partial charge in [0.1, 0.15) is 22.4 Å². The SMILES string of the molecule is CSc1[nH]n2c(N=Cc3ccccc3)c(-c3ccccc3)nc2c1C#N. The molecular formula is C20H15N5S. The number of H-pyrrole nitrogens is 1. The van der Waals surface area contributed by atoms with Crippen molar-refractivity contribution in [3.05, 3.63) is 71.8 Å². The smallest absolute Gasteiger partial charge is 0.180 e. The molecule has 0 fully saturated rings. The Labute approximate surface area is 155 Å². The van der Waals surface area contributed by atoms with E-state index in [0.29, 0.717) is 17.0 Å². The number of thioether (sulfide) groups is 1. The monoisotopic (exact) mass is 357 g/mol. The molecule has 0 unspecified atom stereocenters. The zero-order valence-electron chi connectivity index (χ0n) is 14.0. The highest BCUT2D eigenvalue weighted by Gasteiger charge is 2.20. The first-order chi connectivity index (χ1) is 12.8. The van der Waals surface area contributed by atoms with Gasteiger partial charge in [-0.25, -0.2) is 14.5 Å². The number of hydrogen-bond acceptors (Lipinski definition) is 4. The maximum Gasteiger partial charge on any atom is 0.180 e. The van der Waals surface area contributed by atoms with Crippen LogP contribution in [0.4, 0.5) is 5.82 Å². The summed E-state index contributed by atoms with van der Waals surface area (Å²) in [5.74, 6) is 0.673. The maximum absolute atomic E-state index is 9.54. The first kappa shape index (κ1) is 16.2. The summed E-state index contributed by atoms with van der Waals surface area (Å²) in [6.07, 6.45) is 3.73. The van der Waals surface area contributed by atoms with Gasteiger partial charge < -0.3 is 0 Å². The molecule has 1 N–H and O–H groups in total. The van der Waals surface area contributed by atoms with Gasteiger partial charge in [0, 0.05) is 11.8 Å². The van der Waals surface area contributed by atoms with Crippen LogP contribution in [0, 0.1) is 11.3 Å². The first-order valence-corrected chi connectivity index (χ1v) is 9.27. The minimum atomic E-state index is 0.538. The number of fused-ring (bicyclic) bond motifs is 1. The third-order valence-electron chi connectivity index (χ3n) is 4.02. The molecule has 0 aliphatic heterocycles. The van der Waals surface area contributed by atoms with Crippen LogP contribution in [0.1, 0.15) is 11.1 Å². The molecule has 0 spiro atoms. The summed E-state index contributed by atoms with van der Waals surface area (Å²) in [4.78, 5) is 9.41. The summed E-state index contributed by atoms with van der Waals surface area (Å²) in [6, 6.07) is 22.0. The molecule has 0 saturated carbocycles. The number of imidazole rings is 1. The lowest BCUT2D eigenvalue weighted by Crippen LogP contribution is -1.86. The highest BCUT2D eigenvalue weighted by atomic mass is 32.2. The van der Waals surface area contributed by atoms with Crippen molar-refractivity contribution < 1.29 is 0 Å². The van der Waals surface area contributed by atoms with Crippen molar-refractivity contribution in [3.8, 4) is 17.3 Å². The van der Waals surface area contributed by atoms with Crippen molar-refractivity contribution in [1.29, 1.82) is 5.26 Å². The second-order valence-electron chi connectivity index (χ2n) is 5.61. The number of nitrogens with one attached hydrogen (secondary N) is 1. The van der Waals surface area contributed by atoms with Gasteiger partial charge in [-0.05, 0) is 11.8 Å². The van der Waals surface area contributed by atoms with Crippen molar-refractivity contribution >= 4 is 29.4 Å². The second-order valence-corrected chi connectivity index (χ2v) is 6.43. The number of nitriles is 1. The molecule has 0 atom stereocenters. The highest BCUT2D eigenvalue weighted by molar-refractivity contribution is 7.98. The number of hydrogen-bond donors (Lipinski definition) is 1. The van der Waals surface area contributed by atoms with Crippen LogP contribution < -0.4 is 0 Å². The Morgan fingerprint density at radius 2 is 1.81 bits per heavy atom. The van der Waals surface area contributed by atoms with Crippen molar-refractivity contribution in [1.82, 2.24) is 14.6 Å². The number of aromatic nitrogens is 3. The van der Waals surface area contributed by atoms with Crippen LogP contribution in [-0.2, 0) is 0 Å². The number of benzene rings is 2. The summed E-state index contributed by atoms with van der Waals surface area (Å²) in [7, 11) is 0. The lowest BCUT2D eigenvalue weighted by atomic mass is 10.1. The van der Waals surface area contributed by atoms with Crippen molar-refractivity contribution in [2.24, 2.45) is 4.99 Å². The molecule has 0 aliphatic carbocycles. The Morgan fingerprint density at radius 3 is 2.46 bits per heavy atom. The minimum Gasteiger partial charge on any atom is -0.283 e. The number of aromatic amines is 1. The normalized spacial score (nSPS) is 11.2. The molecule has 0 radical (unpaired) electrons. The van der Waals surface area contributed by atoms with Crippen LogP contribution in [-0.4, -0.2) is 27.1 Å². The quantitative estimate of drug-likeness (QED) is 0.426. The molecule has 2 heterocycles. The topological polar surface area (TPSA) is 69.2 Å². The third kappa shape index (κ3) is 2.79. The molecule has 0 saturated heterocycles. The zero-order chi connectivity index (χ0) is 17.9. The summed E-state index contributed by atoms with van der Waals surface area (Å²) in [5.41, 5.74) is 3.83. The predicted octanol–water partition coefficient (Wildman–Crippen LogP) is 4.67. The molecule has 26 heavy (non-hydrogen) atoms. The fourth-order valence-electron chi connectivity index (χ4n) is 2.78. The van der Waals surface area contributed by atoms with Crippen molar-refractivity contribution in [3.63, 3.8) is 0 Å². The third-order valence-corrected chi connectivity index (χ3v) is 4.72. The molecule has 2 aromatic heterocycles. The van der Waals surface area contributed by atoms with E-state index in [1.54, 1.807) is 4.52 Å². The summed E-state index contributed by atoms with van der Waals surface area (Å²) >= 11 is 1.48. The van der Waals surface area contributed by atoms with Gasteiger partial charge in [0.15, 0.2) is 11.5 Å². The van der Waals surface area contributed by atoms with Gasteiger partial charge in [0.05, 0.1) is 0 Å². The van der Waals surface area contributed by atoms with E-state index in [9.17, 15) is 5.26 Å². The van der Waals surface area contributed by atoms with Crippen LogP contribution in [0.2, 0.25) is 0 Å². The van der Waals surface area contributed by atoms with Crippen molar-refractivity contribution in [2.75, 3.05) is 6.26 Å². The molecule has 0 amide bonds. The average molecular weight is 357 g/mol. The van der Waals surface area contributed by atoms with Gasteiger partial charge >= 0.3 is 0 Å². The standard InChI is InChI=1S/C20H15N5S/c1-26-20-16(12-21)18-23-17(15-10-6-3-7-11-15)19(25(18)24-20)22-13-14-8-4-2-5-9-14/h2-11,13,24H,1H3. The summed E-state index contributed by atoms with van der Waals surface area (Å²) in [6.45, 7) is 0. The Bertz CT molecular complexity index is 1120. The predicted molar refractivity (Wildman–Crippen MR) is 105 cm³/mol. The van der Waals surface area contributed by atoms with E-state index in [1.165, 1.54) is 11.8 Å². The van der Waals surface area contributed by atoms with Crippen molar-refractivity contribution in [2.45, 2.75) is 5.03 Å². The number of aliphatic imine (C=N–C) groups is 1. The average Bonchev–Trinajstić information content (AvgIpc) is 3.23. The Hall–Kier alpha value is -3.30. The molecule has 5 nitrogen and oxygen atoms in total. The second kappa shape index (κ2) is 6.90. The Balaban J connectivity index is 1.94. The van der Waals surface area contributed by atoms with Gasteiger partial charge in [0.25, 0.3) is 0 Å². The maximum atomic E-state index is 9.54. The van der Waals surface area contributed by atoms with Gasteiger partial charge in [0.2, 0.25) is 0 Å². The molecule has 0 aliphatic rings. The zero-order valence-corrected chi connectivity index (χ0v) is 14.9. The van der Waals surface area contributed by atoms with E-state index in [0.717, 1.165) is 21.8 Å². The van der Waals surface area contributed by atoms with Crippen LogP contribution in [0.25, 0.3) is 16.9 Å². The van der Waals surface area contributed by atoms with E-state index in [4.69, 9.17) is 4.98 Å². The van der Waals surface area contributed by atoms with Gasteiger partial charge in [-0.1, -0.05) is 60.7 Å². The van der Waals surface area contributed by atoms with E-state index in [-0.39, 0.29) is 0 Å². The summed E-state index contributed by atoms with van der Waals surface area (Å²) < 4.78 is 1.78. The van der Waals surface area contributed by atoms with Crippen LogP contribution in [0.3, 0.4) is 0 Å². The number of rotatable bonds is 4. The molecule has 4 rings (SSSR count). The molecule has 2 aromatic carbocycles. The van der Waals surface area contributed by atoms with Gasteiger partial charge in [-0.2, -0.15) is 5.26 Å². The lowest BCUT2D eigenvalue weighted by molar-refractivity contribution is 0.909. The molecule has 6 heteroatoms.